The van der Waals surface area contributed by atoms with Crippen LogP contribution in [0, 0.1) is 0 Å². The lowest BCUT2D eigenvalue weighted by Gasteiger charge is -2.36. The number of urea groups is 1. The highest BCUT2D eigenvalue weighted by atomic mass is 16.5. The second-order valence-corrected chi connectivity index (χ2v) is 8.48. The number of hydrogen-bond donors (Lipinski definition) is 4. The number of aliphatic hydroxyl groups is 1. The van der Waals surface area contributed by atoms with Gasteiger partial charge in [0.1, 0.15) is 17.6 Å². The molecule has 1 fully saturated rings. The normalized spacial score (nSPS) is 20.2. The smallest absolute Gasteiger partial charge is 0.315 e. The number of benzene rings is 2. The first-order valence-electron chi connectivity index (χ1n) is 11.3. The van der Waals surface area contributed by atoms with Gasteiger partial charge in [-0.05, 0) is 56.5 Å². The molecule has 0 bridgehead atoms. The minimum absolute atomic E-state index is 0.0196. The van der Waals surface area contributed by atoms with Crippen molar-refractivity contribution in [2.75, 3.05) is 6.61 Å². The van der Waals surface area contributed by atoms with Crippen LogP contribution in [0.15, 0.2) is 54.6 Å². The van der Waals surface area contributed by atoms with E-state index in [0.29, 0.717) is 19.4 Å². The summed E-state index contributed by atoms with van der Waals surface area (Å²) in [4.78, 5) is 24.4. The summed E-state index contributed by atoms with van der Waals surface area (Å²) in [7, 11) is 0. The van der Waals surface area contributed by atoms with Gasteiger partial charge < -0.3 is 30.5 Å². The van der Waals surface area contributed by atoms with Crippen molar-refractivity contribution in [3.05, 3.63) is 60.2 Å². The third-order valence-corrected chi connectivity index (χ3v) is 5.34. The first-order valence-corrected chi connectivity index (χ1v) is 11.3. The first-order chi connectivity index (χ1) is 15.9. The predicted octanol–water partition coefficient (Wildman–Crippen LogP) is 3.10. The van der Waals surface area contributed by atoms with E-state index in [9.17, 15) is 14.7 Å². The average molecular weight is 456 g/mol. The van der Waals surface area contributed by atoms with Crippen LogP contribution in [0.3, 0.4) is 0 Å². The van der Waals surface area contributed by atoms with Crippen molar-refractivity contribution in [1.82, 2.24) is 16.0 Å². The fraction of sp³-hybridized carbons (Fsp3) is 0.440. The Morgan fingerprint density at radius 3 is 2.42 bits per heavy atom. The van der Waals surface area contributed by atoms with Crippen molar-refractivity contribution in [3.63, 3.8) is 0 Å². The van der Waals surface area contributed by atoms with Gasteiger partial charge in [0.25, 0.3) is 0 Å². The highest BCUT2D eigenvalue weighted by molar-refractivity contribution is 5.76. The maximum atomic E-state index is 12.4. The Balaban J connectivity index is 1.41. The van der Waals surface area contributed by atoms with Gasteiger partial charge in [-0.15, -0.1) is 0 Å². The van der Waals surface area contributed by atoms with Crippen LogP contribution in [0.25, 0.3) is 0 Å². The van der Waals surface area contributed by atoms with Crippen molar-refractivity contribution in [2.24, 2.45) is 0 Å². The van der Waals surface area contributed by atoms with Crippen LogP contribution in [-0.4, -0.2) is 47.9 Å². The molecule has 0 saturated carbocycles. The standard InChI is InChI=1S/C25H33N3O5/c1-17(2)27-25(31)28-22-13-12-21(33-23(22)16-29)14-24(30)26-15-18-8-10-20(11-9-18)32-19-6-4-3-5-7-19/h3-11,17,21-23,29H,12-16H2,1-2H3,(H,26,30)(H2,27,28,31)/t21-,22-,23-/m1/s1. The van der Waals surface area contributed by atoms with Crippen LogP contribution < -0.4 is 20.7 Å². The molecule has 1 saturated heterocycles. The molecule has 0 aliphatic carbocycles. The number of amides is 3. The Labute approximate surface area is 194 Å². The monoisotopic (exact) mass is 455 g/mol. The molecule has 1 heterocycles. The molecule has 0 aromatic heterocycles. The molecular formula is C25H33N3O5. The molecule has 0 radical (unpaired) electrons. The van der Waals surface area contributed by atoms with Crippen molar-refractivity contribution in [3.8, 4) is 11.5 Å². The van der Waals surface area contributed by atoms with Crippen LogP contribution in [0.4, 0.5) is 4.79 Å². The Morgan fingerprint density at radius 2 is 1.76 bits per heavy atom. The lowest BCUT2D eigenvalue weighted by Crippen LogP contribution is -2.54. The van der Waals surface area contributed by atoms with E-state index in [1.54, 1.807) is 0 Å². The molecule has 8 heteroatoms. The van der Waals surface area contributed by atoms with Crippen LogP contribution in [0.1, 0.15) is 38.7 Å². The second-order valence-electron chi connectivity index (χ2n) is 8.48. The number of carbonyl (C=O) groups is 2. The van der Waals surface area contributed by atoms with Gasteiger partial charge in [0.05, 0.1) is 25.2 Å². The molecule has 1 aliphatic heterocycles. The fourth-order valence-electron chi connectivity index (χ4n) is 3.70. The van der Waals surface area contributed by atoms with Gasteiger partial charge in [-0.1, -0.05) is 30.3 Å². The first kappa shape index (κ1) is 24.5. The maximum Gasteiger partial charge on any atom is 0.315 e. The predicted molar refractivity (Wildman–Crippen MR) is 125 cm³/mol. The maximum absolute atomic E-state index is 12.4. The Morgan fingerprint density at radius 1 is 1.06 bits per heavy atom. The summed E-state index contributed by atoms with van der Waals surface area (Å²) in [5.41, 5.74) is 0.960. The van der Waals surface area contributed by atoms with E-state index < -0.39 is 6.10 Å². The largest absolute Gasteiger partial charge is 0.457 e. The van der Waals surface area contributed by atoms with Gasteiger partial charge >= 0.3 is 6.03 Å². The van der Waals surface area contributed by atoms with Crippen molar-refractivity contribution in [2.45, 2.75) is 63.9 Å². The van der Waals surface area contributed by atoms with Gasteiger partial charge in [0, 0.05) is 12.6 Å². The molecule has 33 heavy (non-hydrogen) atoms. The third kappa shape index (κ3) is 8.07. The summed E-state index contributed by atoms with van der Waals surface area (Å²) >= 11 is 0. The van der Waals surface area contributed by atoms with E-state index in [0.717, 1.165) is 17.1 Å². The molecule has 4 N–H and O–H groups in total. The van der Waals surface area contributed by atoms with Gasteiger partial charge in [-0.2, -0.15) is 0 Å². The van der Waals surface area contributed by atoms with Crippen LogP contribution in [0.2, 0.25) is 0 Å². The molecule has 1 aliphatic rings. The quantitative estimate of drug-likeness (QED) is 0.465. The number of para-hydroxylation sites is 1. The summed E-state index contributed by atoms with van der Waals surface area (Å²) < 4.78 is 11.7. The number of nitrogens with one attached hydrogen (secondary N) is 3. The Kier molecular flexibility index (Phi) is 9.09. The number of hydrogen-bond acceptors (Lipinski definition) is 5. The van der Waals surface area contributed by atoms with E-state index >= 15 is 0 Å². The summed E-state index contributed by atoms with van der Waals surface area (Å²) in [6.07, 6.45) is 0.637. The van der Waals surface area contributed by atoms with Crippen LogP contribution in [0.5, 0.6) is 11.5 Å². The molecule has 3 rings (SSSR count). The van der Waals surface area contributed by atoms with E-state index in [-0.39, 0.29) is 43.2 Å². The lowest BCUT2D eigenvalue weighted by molar-refractivity contribution is -0.130. The molecule has 0 unspecified atom stereocenters. The summed E-state index contributed by atoms with van der Waals surface area (Å²) in [6.45, 7) is 3.94. The van der Waals surface area contributed by atoms with Gasteiger partial charge in [-0.3, -0.25) is 4.79 Å². The number of aliphatic hydroxyl groups excluding tert-OH is 1. The highest BCUT2D eigenvalue weighted by Gasteiger charge is 2.32. The molecule has 178 valence electrons. The van der Waals surface area contributed by atoms with Crippen LogP contribution in [-0.2, 0) is 16.1 Å². The molecule has 3 amide bonds. The van der Waals surface area contributed by atoms with Crippen LogP contribution >= 0.6 is 0 Å². The lowest BCUT2D eigenvalue weighted by atomic mass is 9.97. The number of carbonyl (C=O) groups excluding carboxylic acids is 2. The minimum atomic E-state index is -0.536. The summed E-state index contributed by atoms with van der Waals surface area (Å²) in [6, 6.07) is 16.6. The number of rotatable bonds is 9. The topological polar surface area (TPSA) is 109 Å². The zero-order chi connectivity index (χ0) is 23.6. The van der Waals surface area contributed by atoms with Gasteiger partial charge in [0.2, 0.25) is 5.91 Å². The van der Waals surface area contributed by atoms with E-state index in [4.69, 9.17) is 9.47 Å². The minimum Gasteiger partial charge on any atom is -0.457 e. The van der Waals surface area contributed by atoms with Crippen molar-refractivity contribution < 1.29 is 24.2 Å². The Bertz CT molecular complexity index is 889. The molecule has 3 atom stereocenters. The molecule has 2 aromatic carbocycles. The van der Waals surface area contributed by atoms with Gasteiger partial charge in [-0.25, -0.2) is 4.79 Å². The average Bonchev–Trinajstić information content (AvgIpc) is 2.80. The highest BCUT2D eigenvalue weighted by Crippen LogP contribution is 2.23. The zero-order valence-corrected chi connectivity index (χ0v) is 19.1. The molecular weight excluding hydrogens is 422 g/mol. The second kappa shape index (κ2) is 12.2. The van der Waals surface area contributed by atoms with Crippen molar-refractivity contribution in [1.29, 1.82) is 0 Å². The van der Waals surface area contributed by atoms with E-state index in [2.05, 4.69) is 16.0 Å². The Hall–Kier alpha value is -3.10. The van der Waals surface area contributed by atoms with Gasteiger partial charge in [0.15, 0.2) is 0 Å². The van der Waals surface area contributed by atoms with E-state index in [1.165, 1.54) is 0 Å². The summed E-state index contributed by atoms with van der Waals surface area (Å²) in [5, 5.41) is 18.2. The molecule has 8 nitrogen and oxygen atoms in total. The number of ether oxygens (including phenoxy) is 2. The molecule has 0 spiro atoms. The molecule has 2 aromatic rings. The third-order valence-electron chi connectivity index (χ3n) is 5.34. The van der Waals surface area contributed by atoms with E-state index in [1.807, 2.05) is 68.4 Å². The zero-order valence-electron chi connectivity index (χ0n) is 19.1. The van der Waals surface area contributed by atoms with Crippen molar-refractivity contribution >= 4 is 11.9 Å². The fourth-order valence-corrected chi connectivity index (χ4v) is 3.70. The SMILES string of the molecule is CC(C)NC(=O)N[C@@H]1CC[C@H](CC(=O)NCc2ccc(Oc3ccccc3)cc2)O[C@@H]1CO. The summed E-state index contributed by atoms with van der Waals surface area (Å²) in [5.74, 6) is 1.38.